The number of nitrogens with zero attached hydrogens (tertiary/aromatic N) is 1. The van der Waals surface area contributed by atoms with Crippen LogP contribution in [0.2, 0.25) is 0 Å². The van der Waals surface area contributed by atoms with Crippen LogP contribution in [0.15, 0.2) is 28.7 Å². The van der Waals surface area contributed by atoms with Gasteiger partial charge in [-0.25, -0.2) is 0 Å². The average molecular weight is 265 g/mol. The van der Waals surface area contributed by atoms with E-state index in [0.717, 1.165) is 17.8 Å². The molecule has 2 rings (SSSR count). The molecule has 1 aromatic heterocycles. The Morgan fingerprint density at radius 1 is 1.17 bits per heavy atom. The number of rotatable bonds is 6. The lowest BCUT2D eigenvalue weighted by Crippen LogP contribution is -3.11. The molecule has 0 atom stereocenters. The number of nitrogens with one attached hydrogen (secondary N) is 1. The molecule has 0 spiro atoms. The number of hydrogen-bond acceptors (Lipinski definition) is 2. The van der Waals surface area contributed by atoms with Gasteiger partial charge >= 0.3 is 0 Å². The van der Waals surface area contributed by atoms with Gasteiger partial charge in [-0.3, -0.25) is 4.57 Å². The molecule has 0 amide bonds. The number of fused-ring (bicyclic) bond motifs is 1. The van der Waals surface area contributed by atoms with E-state index in [-0.39, 0.29) is 0 Å². The van der Waals surface area contributed by atoms with Crippen LogP contribution in [0.25, 0.3) is 11.1 Å². The van der Waals surface area contributed by atoms with Crippen LogP contribution in [-0.2, 0) is 6.67 Å². The van der Waals surface area contributed by atoms with Crippen molar-refractivity contribution in [2.75, 3.05) is 13.1 Å². The molecular weight excluding hydrogens is 244 g/mol. The van der Waals surface area contributed by atoms with E-state index in [4.69, 9.17) is 16.6 Å². The predicted molar refractivity (Wildman–Crippen MR) is 76.3 cm³/mol. The summed E-state index contributed by atoms with van der Waals surface area (Å²) in [6, 6.07) is 8.06. The van der Waals surface area contributed by atoms with Gasteiger partial charge in [0.1, 0.15) is 0 Å². The van der Waals surface area contributed by atoms with E-state index in [1.165, 1.54) is 25.9 Å². The van der Waals surface area contributed by atoms with Crippen molar-refractivity contribution < 1.29 is 9.32 Å². The molecule has 0 aliphatic carbocycles. The second kappa shape index (κ2) is 6.16. The highest BCUT2D eigenvalue weighted by atomic mass is 32.1. The Balaban J connectivity index is 2.29. The van der Waals surface area contributed by atoms with Gasteiger partial charge in [0, 0.05) is 0 Å². The van der Waals surface area contributed by atoms with Crippen molar-refractivity contribution in [1.82, 2.24) is 4.57 Å². The topological polar surface area (TPSA) is 22.5 Å². The summed E-state index contributed by atoms with van der Waals surface area (Å²) in [5, 5.41) is 0. The number of hydrogen-bond donors (Lipinski definition) is 1. The third-order valence-corrected chi connectivity index (χ3v) is 3.47. The standard InChI is InChI=1S/C14H20N2OS/c1-3-9-15(10-4-2)11-16-12-7-5-6-8-13(12)17-14(16)18/h5-8H,3-4,9-11H2,1-2H3/p+1. The zero-order chi connectivity index (χ0) is 13.0. The molecule has 0 unspecified atom stereocenters. The summed E-state index contributed by atoms with van der Waals surface area (Å²) < 4.78 is 7.74. The smallest absolute Gasteiger partial charge is 0.274 e. The van der Waals surface area contributed by atoms with Crippen molar-refractivity contribution in [1.29, 1.82) is 0 Å². The lowest BCUT2D eigenvalue weighted by atomic mass is 10.3. The minimum atomic E-state index is 0.584. The molecule has 18 heavy (non-hydrogen) atoms. The Kier molecular flexibility index (Phi) is 4.55. The van der Waals surface area contributed by atoms with Crippen LogP contribution in [0, 0.1) is 4.84 Å². The highest BCUT2D eigenvalue weighted by Crippen LogP contribution is 2.15. The van der Waals surface area contributed by atoms with E-state index in [0.29, 0.717) is 4.84 Å². The Labute approximate surface area is 113 Å². The van der Waals surface area contributed by atoms with Gasteiger partial charge in [-0.2, -0.15) is 0 Å². The fourth-order valence-corrected chi connectivity index (χ4v) is 2.63. The normalized spacial score (nSPS) is 11.5. The van der Waals surface area contributed by atoms with Crippen molar-refractivity contribution in [3.05, 3.63) is 29.1 Å². The van der Waals surface area contributed by atoms with Gasteiger partial charge in [0.15, 0.2) is 12.3 Å². The fraction of sp³-hybridized carbons (Fsp3) is 0.500. The summed E-state index contributed by atoms with van der Waals surface area (Å²) in [6.45, 7) is 7.70. The maximum atomic E-state index is 5.62. The molecule has 0 bridgehead atoms. The van der Waals surface area contributed by atoms with Gasteiger partial charge in [0.2, 0.25) is 0 Å². The molecule has 0 aliphatic rings. The van der Waals surface area contributed by atoms with Crippen molar-refractivity contribution in [2.24, 2.45) is 0 Å². The average Bonchev–Trinajstić information content (AvgIpc) is 2.67. The van der Waals surface area contributed by atoms with Crippen LogP contribution < -0.4 is 4.90 Å². The SMILES string of the molecule is CCC[NH+](CCC)Cn1c(=S)oc2ccccc21. The fourth-order valence-electron chi connectivity index (χ4n) is 2.38. The van der Waals surface area contributed by atoms with Crippen LogP contribution in [0.4, 0.5) is 0 Å². The van der Waals surface area contributed by atoms with Crippen LogP contribution in [0.1, 0.15) is 26.7 Å². The Morgan fingerprint density at radius 3 is 2.50 bits per heavy atom. The van der Waals surface area contributed by atoms with Crippen LogP contribution in [0.3, 0.4) is 0 Å². The zero-order valence-electron chi connectivity index (χ0n) is 11.1. The van der Waals surface area contributed by atoms with Crippen molar-refractivity contribution >= 4 is 23.3 Å². The lowest BCUT2D eigenvalue weighted by Gasteiger charge is -2.18. The molecule has 3 nitrogen and oxygen atoms in total. The molecule has 1 N–H and O–H groups in total. The third kappa shape index (κ3) is 2.82. The van der Waals surface area contributed by atoms with E-state index in [9.17, 15) is 0 Å². The number of benzene rings is 1. The van der Waals surface area contributed by atoms with E-state index in [1.807, 2.05) is 18.2 Å². The summed E-state index contributed by atoms with van der Waals surface area (Å²) in [7, 11) is 0. The summed E-state index contributed by atoms with van der Waals surface area (Å²) in [5.41, 5.74) is 1.99. The quantitative estimate of drug-likeness (QED) is 0.811. The van der Waals surface area contributed by atoms with Gasteiger partial charge in [-0.1, -0.05) is 26.0 Å². The van der Waals surface area contributed by atoms with E-state index >= 15 is 0 Å². The molecule has 0 radical (unpaired) electrons. The Morgan fingerprint density at radius 2 is 1.83 bits per heavy atom. The molecule has 1 aromatic carbocycles. The van der Waals surface area contributed by atoms with Crippen LogP contribution in [-0.4, -0.2) is 17.7 Å². The first-order valence-corrected chi connectivity index (χ1v) is 7.09. The minimum absolute atomic E-state index is 0.584. The van der Waals surface area contributed by atoms with Crippen LogP contribution >= 0.6 is 12.2 Å². The van der Waals surface area contributed by atoms with Gasteiger partial charge < -0.3 is 9.32 Å². The molecule has 2 aromatic rings. The van der Waals surface area contributed by atoms with E-state index in [2.05, 4.69) is 24.5 Å². The molecule has 0 saturated carbocycles. The van der Waals surface area contributed by atoms with Crippen LogP contribution in [0.5, 0.6) is 0 Å². The van der Waals surface area contributed by atoms with Gasteiger partial charge in [0.05, 0.1) is 18.6 Å². The number of quaternary nitrogens is 1. The molecule has 0 fully saturated rings. The number of para-hydroxylation sites is 2. The second-order valence-corrected chi connectivity index (χ2v) is 5.02. The first kappa shape index (κ1) is 13.3. The summed E-state index contributed by atoms with van der Waals surface area (Å²) >= 11 is 5.32. The number of oxazole rings is 1. The van der Waals surface area contributed by atoms with Gasteiger partial charge in [0.25, 0.3) is 4.84 Å². The Hall–Kier alpha value is -1.13. The first-order chi connectivity index (χ1) is 8.76. The second-order valence-electron chi connectivity index (χ2n) is 4.67. The van der Waals surface area contributed by atoms with Gasteiger partial charge in [-0.05, 0) is 37.2 Å². The molecule has 1 heterocycles. The maximum Gasteiger partial charge on any atom is 0.274 e. The first-order valence-electron chi connectivity index (χ1n) is 6.68. The Bertz CT molecular complexity index is 552. The van der Waals surface area contributed by atoms with Crippen molar-refractivity contribution in [3.63, 3.8) is 0 Å². The highest BCUT2D eigenvalue weighted by Gasteiger charge is 2.12. The third-order valence-electron chi connectivity index (χ3n) is 3.16. The maximum absolute atomic E-state index is 5.62. The minimum Gasteiger partial charge on any atom is -0.429 e. The zero-order valence-corrected chi connectivity index (χ0v) is 11.9. The number of aromatic nitrogens is 1. The molecular formula is C14H21N2OS+. The molecule has 0 aliphatic heterocycles. The molecule has 98 valence electrons. The summed E-state index contributed by atoms with van der Waals surface area (Å²) in [6.07, 6.45) is 2.39. The highest BCUT2D eigenvalue weighted by molar-refractivity contribution is 7.71. The summed E-state index contributed by atoms with van der Waals surface area (Å²) in [4.78, 5) is 2.14. The molecule has 4 heteroatoms. The van der Waals surface area contributed by atoms with Gasteiger partial charge in [-0.15, -0.1) is 0 Å². The largest absolute Gasteiger partial charge is 0.429 e. The summed E-state index contributed by atoms with van der Waals surface area (Å²) in [5.74, 6) is 0. The van der Waals surface area contributed by atoms with Crippen molar-refractivity contribution in [3.8, 4) is 0 Å². The monoisotopic (exact) mass is 265 g/mol. The van der Waals surface area contributed by atoms with E-state index in [1.54, 1.807) is 4.90 Å². The predicted octanol–water partition coefficient (Wildman–Crippen LogP) is 2.63. The van der Waals surface area contributed by atoms with Crippen molar-refractivity contribution in [2.45, 2.75) is 33.4 Å². The van der Waals surface area contributed by atoms with E-state index < -0.39 is 0 Å². The molecule has 0 saturated heterocycles. The lowest BCUT2D eigenvalue weighted by molar-refractivity contribution is -0.922.